The van der Waals surface area contributed by atoms with Gasteiger partial charge in [-0.2, -0.15) is 5.26 Å². The lowest BCUT2D eigenvalue weighted by atomic mass is 10.0. The van der Waals surface area contributed by atoms with Gasteiger partial charge in [-0.25, -0.2) is 0 Å². The van der Waals surface area contributed by atoms with Gasteiger partial charge in [0.15, 0.2) is 11.5 Å². The van der Waals surface area contributed by atoms with E-state index in [1.165, 1.54) is 0 Å². The van der Waals surface area contributed by atoms with Crippen LogP contribution in [-0.4, -0.2) is 39.3 Å². The third-order valence-corrected chi connectivity index (χ3v) is 3.30. The Hall–Kier alpha value is -1.93. The molecular weight excluding hydrogens is 256 g/mol. The van der Waals surface area contributed by atoms with Gasteiger partial charge in [-0.05, 0) is 30.8 Å². The highest BCUT2D eigenvalue weighted by Crippen LogP contribution is 2.40. The maximum Gasteiger partial charge on any atom is 0.203 e. The van der Waals surface area contributed by atoms with E-state index in [9.17, 15) is 5.26 Å². The van der Waals surface area contributed by atoms with Crippen LogP contribution >= 0.6 is 0 Å². The van der Waals surface area contributed by atoms with Crippen molar-refractivity contribution in [2.75, 3.05) is 34.4 Å². The fourth-order valence-corrected chi connectivity index (χ4v) is 2.21. The van der Waals surface area contributed by atoms with Crippen LogP contribution in [0, 0.1) is 11.3 Å². The lowest BCUT2D eigenvalue weighted by Gasteiger charge is -2.25. The highest BCUT2D eigenvalue weighted by atomic mass is 16.5. The summed E-state index contributed by atoms with van der Waals surface area (Å²) in [5.74, 6) is 1.67. The average molecular weight is 278 g/mol. The van der Waals surface area contributed by atoms with E-state index in [1.54, 1.807) is 21.3 Å². The van der Waals surface area contributed by atoms with Crippen LogP contribution < -0.4 is 14.2 Å². The first kappa shape index (κ1) is 16.1. The molecule has 0 aliphatic heterocycles. The van der Waals surface area contributed by atoms with Crippen LogP contribution in [0.4, 0.5) is 0 Å². The van der Waals surface area contributed by atoms with Crippen LogP contribution in [0.2, 0.25) is 0 Å². The first-order chi connectivity index (χ1) is 9.66. The number of ether oxygens (including phenoxy) is 3. The van der Waals surface area contributed by atoms with Crippen LogP contribution in [0.1, 0.15) is 25.5 Å². The number of hydrogen-bond acceptors (Lipinski definition) is 5. The van der Waals surface area contributed by atoms with Gasteiger partial charge in [-0.15, -0.1) is 0 Å². The largest absolute Gasteiger partial charge is 0.493 e. The third-order valence-electron chi connectivity index (χ3n) is 3.30. The van der Waals surface area contributed by atoms with Crippen LogP contribution in [0.5, 0.6) is 17.2 Å². The van der Waals surface area contributed by atoms with E-state index in [1.807, 2.05) is 26.0 Å². The topological polar surface area (TPSA) is 54.7 Å². The molecule has 5 nitrogen and oxygen atoms in total. The van der Waals surface area contributed by atoms with E-state index >= 15 is 0 Å². The van der Waals surface area contributed by atoms with Gasteiger partial charge in [-0.3, -0.25) is 4.90 Å². The molecule has 0 fully saturated rings. The molecule has 1 aromatic rings. The normalized spacial score (nSPS) is 11.8. The van der Waals surface area contributed by atoms with Gasteiger partial charge in [0.05, 0.1) is 27.4 Å². The molecule has 110 valence electrons. The van der Waals surface area contributed by atoms with Crippen LogP contribution in [-0.2, 0) is 0 Å². The summed E-state index contributed by atoms with van der Waals surface area (Å²) in [7, 11) is 4.70. The Morgan fingerprint density at radius 2 is 1.55 bits per heavy atom. The predicted octanol–water partition coefficient (Wildman–Crippen LogP) is 2.62. The van der Waals surface area contributed by atoms with Gasteiger partial charge >= 0.3 is 0 Å². The molecule has 1 atom stereocenters. The Bertz CT molecular complexity index is 453. The summed E-state index contributed by atoms with van der Waals surface area (Å²) in [6, 6.07) is 5.65. The summed E-state index contributed by atoms with van der Waals surface area (Å²) in [5.41, 5.74) is 0.839. The Morgan fingerprint density at radius 3 is 1.85 bits per heavy atom. The Balaban J connectivity index is 3.34. The molecule has 0 bridgehead atoms. The second kappa shape index (κ2) is 7.61. The number of methoxy groups -OCH3 is 3. The van der Waals surface area contributed by atoms with Crippen molar-refractivity contribution in [2.24, 2.45) is 0 Å². The number of nitrogens with zero attached hydrogens (tertiary/aromatic N) is 2. The lowest BCUT2D eigenvalue weighted by Crippen LogP contribution is -2.27. The molecule has 0 radical (unpaired) electrons. The van der Waals surface area contributed by atoms with E-state index < -0.39 is 0 Å². The molecule has 0 N–H and O–H groups in total. The predicted molar refractivity (Wildman–Crippen MR) is 77.4 cm³/mol. The van der Waals surface area contributed by atoms with Crippen molar-refractivity contribution in [3.05, 3.63) is 17.7 Å². The van der Waals surface area contributed by atoms with Crippen LogP contribution in [0.3, 0.4) is 0 Å². The summed E-state index contributed by atoms with van der Waals surface area (Å²) in [5, 5.41) is 9.46. The summed E-state index contributed by atoms with van der Waals surface area (Å²) < 4.78 is 15.9. The molecule has 0 spiro atoms. The molecule has 0 aliphatic carbocycles. The smallest absolute Gasteiger partial charge is 0.203 e. The zero-order valence-corrected chi connectivity index (χ0v) is 12.8. The van der Waals surface area contributed by atoms with Crippen molar-refractivity contribution in [1.82, 2.24) is 4.90 Å². The van der Waals surface area contributed by atoms with Crippen LogP contribution in [0.25, 0.3) is 0 Å². The summed E-state index contributed by atoms with van der Waals surface area (Å²) in [4.78, 5) is 2.07. The highest BCUT2D eigenvalue weighted by molar-refractivity contribution is 5.55. The Labute approximate surface area is 120 Å². The monoisotopic (exact) mass is 278 g/mol. The lowest BCUT2D eigenvalue weighted by molar-refractivity contribution is 0.260. The maximum absolute atomic E-state index is 9.46. The van der Waals surface area contributed by atoms with Crippen LogP contribution in [0.15, 0.2) is 12.1 Å². The van der Waals surface area contributed by atoms with Gasteiger partial charge in [0.1, 0.15) is 6.04 Å². The van der Waals surface area contributed by atoms with Crippen molar-refractivity contribution in [3.63, 3.8) is 0 Å². The Kier molecular flexibility index (Phi) is 6.13. The fourth-order valence-electron chi connectivity index (χ4n) is 2.21. The molecule has 0 aromatic heterocycles. The van der Waals surface area contributed by atoms with Crippen molar-refractivity contribution in [2.45, 2.75) is 19.9 Å². The second-order valence-electron chi connectivity index (χ2n) is 4.21. The van der Waals surface area contributed by atoms with E-state index in [4.69, 9.17) is 14.2 Å². The van der Waals surface area contributed by atoms with E-state index in [-0.39, 0.29) is 6.04 Å². The van der Waals surface area contributed by atoms with E-state index in [0.717, 1.165) is 18.7 Å². The SMILES string of the molecule is CCN(CC)C(C#N)c1cc(OC)c(OC)c(OC)c1. The molecule has 0 amide bonds. The fraction of sp³-hybridized carbons (Fsp3) is 0.533. The number of nitriles is 1. The minimum atomic E-state index is -0.335. The zero-order chi connectivity index (χ0) is 15.1. The average Bonchev–Trinajstić information content (AvgIpc) is 2.50. The molecule has 1 rings (SSSR count). The van der Waals surface area contributed by atoms with Crippen molar-refractivity contribution < 1.29 is 14.2 Å². The molecular formula is C15H22N2O3. The van der Waals surface area contributed by atoms with Crippen molar-refractivity contribution in [3.8, 4) is 23.3 Å². The molecule has 1 unspecified atom stereocenters. The minimum Gasteiger partial charge on any atom is -0.493 e. The summed E-state index contributed by atoms with van der Waals surface area (Å²) >= 11 is 0. The molecule has 0 heterocycles. The standard InChI is InChI=1S/C15H22N2O3/c1-6-17(7-2)12(10-16)11-8-13(18-3)15(20-5)14(9-11)19-4/h8-9,12H,6-7H2,1-5H3. The molecule has 1 aromatic carbocycles. The summed E-state index contributed by atoms with van der Waals surface area (Å²) in [6.45, 7) is 5.66. The first-order valence-electron chi connectivity index (χ1n) is 6.60. The quantitative estimate of drug-likeness (QED) is 0.767. The molecule has 0 saturated carbocycles. The zero-order valence-electron chi connectivity index (χ0n) is 12.8. The minimum absolute atomic E-state index is 0.335. The van der Waals surface area contributed by atoms with Gasteiger partial charge < -0.3 is 14.2 Å². The third kappa shape index (κ3) is 3.14. The van der Waals surface area contributed by atoms with Crippen molar-refractivity contribution >= 4 is 0 Å². The van der Waals surface area contributed by atoms with Crippen molar-refractivity contribution in [1.29, 1.82) is 5.26 Å². The number of rotatable bonds is 7. The Morgan fingerprint density at radius 1 is 1.05 bits per heavy atom. The van der Waals surface area contributed by atoms with Gasteiger partial charge in [-0.1, -0.05) is 13.8 Å². The van der Waals surface area contributed by atoms with E-state index in [2.05, 4.69) is 11.0 Å². The molecule has 0 aliphatic rings. The molecule has 5 heteroatoms. The van der Waals surface area contributed by atoms with Gasteiger partial charge in [0.2, 0.25) is 5.75 Å². The second-order valence-corrected chi connectivity index (χ2v) is 4.21. The van der Waals surface area contributed by atoms with Gasteiger partial charge in [0, 0.05) is 0 Å². The van der Waals surface area contributed by atoms with Gasteiger partial charge in [0.25, 0.3) is 0 Å². The summed E-state index contributed by atoms with van der Waals surface area (Å²) in [6.07, 6.45) is 0. The highest BCUT2D eigenvalue weighted by Gasteiger charge is 2.22. The number of benzene rings is 1. The van der Waals surface area contributed by atoms with E-state index in [0.29, 0.717) is 17.2 Å². The maximum atomic E-state index is 9.46. The molecule has 0 saturated heterocycles. The molecule has 20 heavy (non-hydrogen) atoms. The number of hydrogen-bond donors (Lipinski definition) is 0. The first-order valence-corrected chi connectivity index (χ1v) is 6.60.